The number of nitrogens with one attached hydrogen (secondary N) is 1. The van der Waals surface area contributed by atoms with Crippen molar-refractivity contribution in [1.82, 2.24) is 15.2 Å². The van der Waals surface area contributed by atoms with E-state index in [1.54, 1.807) is 0 Å². The summed E-state index contributed by atoms with van der Waals surface area (Å²) in [5.41, 5.74) is 0. The topological polar surface area (TPSA) is 31.4 Å². The van der Waals surface area contributed by atoms with E-state index in [4.69, 9.17) is 4.98 Å². The molecule has 3 atom stereocenters. The van der Waals surface area contributed by atoms with Crippen LogP contribution < -0.4 is 10.2 Å². The Balaban J connectivity index is 1.65. The van der Waals surface area contributed by atoms with Gasteiger partial charge in [0.15, 0.2) is 5.13 Å². The molecule has 1 N–H and O–H groups in total. The minimum absolute atomic E-state index is 0.416. The molecule has 2 aliphatic rings. The molecule has 0 spiro atoms. The van der Waals surface area contributed by atoms with Gasteiger partial charge >= 0.3 is 0 Å². The molecule has 0 aliphatic carbocycles. The van der Waals surface area contributed by atoms with Gasteiger partial charge in [0.2, 0.25) is 0 Å². The van der Waals surface area contributed by atoms with Crippen LogP contribution in [-0.2, 0) is 0 Å². The van der Waals surface area contributed by atoms with Crippen LogP contribution in [0.4, 0.5) is 5.13 Å². The lowest BCUT2D eigenvalue weighted by atomic mass is 9.84. The molecule has 0 aromatic carbocycles. The number of nitrogens with zero attached hydrogens (tertiary/aromatic N) is 3. The molecule has 21 heavy (non-hydrogen) atoms. The second-order valence-electron chi connectivity index (χ2n) is 6.51. The van der Waals surface area contributed by atoms with Crippen molar-refractivity contribution in [3.63, 3.8) is 0 Å². The van der Waals surface area contributed by atoms with Gasteiger partial charge in [-0.05, 0) is 52.2 Å². The number of likely N-dealkylation sites (tertiary alicyclic amines) is 1. The first-order valence-electron chi connectivity index (χ1n) is 8.33. The summed E-state index contributed by atoms with van der Waals surface area (Å²) >= 11 is 1.87. The van der Waals surface area contributed by atoms with Gasteiger partial charge in [0, 0.05) is 36.2 Å². The molecule has 0 saturated carbocycles. The van der Waals surface area contributed by atoms with E-state index in [0.29, 0.717) is 6.04 Å². The fourth-order valence-corrected chi connectivity index (χ4v) is 4.83. The summed E-state index contributed by atoms with van der Waals surface area (Å²) in [5.74, 6) is 0.830. The van der Waals surface area contributed by atoms with E-state index in [-0.39, 0.29) is 0 Å². The number of rotatable bonds is 4. The quantitative estimate of drug-likeness (QED) is 0.927. The van der Waals surface area contributed by atoms with E-state index >= 15 is 0 Å². The third kappa shape index (κ3) is 3.25. The molecule has 1 aromatic rings. The Morgan fingerprint density at radius 3 is 3.10 bits per heavy atom. The van der Waals surface area contributed by atoms with Crippen molar-refractivity contribution in [1.29, 1.82) is 0 Å². The van der Waals surface area contributed by atoms with Gasteiger partial charge in [-0.1, -0.05) is 6.92 Å². The van der Waals surface area contributed by atoms with Gasteiger partial charge in [-0.2, -0.15) is 0 Å². The third-order valence-electron chi connectivity index (χ3n) is 5.06. The summed E-state index contributed by atoms with van der Waals surface area (Å²) in [6, 6.07) is 1.22. The number of piperidine rings is 2. The number of aromatic nitrogens is 1. The number of thiazole rings is 1. The molecule has 0 amide bonds. The molecular formula is C16H28N4S. The van der Waals surface area contributed by atoms with Crippen LogP contribution >= 0.6 is 11.3 Å². The largest absolute Gasteiger partial charge is 0.348 e. The zero-order valence-corrected chi connectivity index (χ0v) is 14.3. The Kier molecular flexibility index (Phi) is 4.82. The van der Waals surface area contributed by atoms with Gasteiger partial charge < -0.3 is 15.1 Å². The average molecular weight is 308 g/mol. The highest BCUT2D eigenvalue weighted by molar-refractivity contribution is 7.15. The van der Waals surface area contributed by atoms with Crippen LogP contribution in [-0.4, -0.2) is 49.2 Å². The number of hydrogen-bond donors (Lipinski definition) is 1. The standard InChI is InChI=1S/C16H28N4S/c1-4-17-12(2)15-10-18-16(21-15)20-9-7-14-13(11-20)6-5-8-19(14)3/h10,12-14,17H,4-9,11H2,1-3H3. The predicted molar refractivity (Wildman–Crippen MR) is 90.2 cm³/mol. The number of anilines is 1. The summed E-state index contributed by atoms with van der Waals surface area (Å²) in [6.45, 7) is 9.02. The fourth-order valence-electron chi connectivity index (χ4n) is 3.86. The fraction of sp³-hybridized carbons (Fsp3) is 0.812. The van der Waals surface area contributed by atoms with Crippen molar-refractivity contribution in [2.45, 2.75) is 45.2 Å². The van der Waals surface area contributed by atoms with Crippen molar-refractivity contribution < 1.29 is 0 Å². The Hall–Kier alpha value is -0.650. The Labute approximate surface area is 132 Å². The van der Waals surface area contributed by atoms with Crippen LogP contribution in [0.3, 0.4) is 0 Å². The van der Waals surface area contributed by atoms with Crippen molar-refractivity contribution >= 4 is 16.5 Å². The van der Waals surface area contributed by atoms with Crippen molar-refractivity contribution in [2.24, 2.45) is 5.92 Å². The van der Waals surface area contributed by atoms with Crippen molar-refractivity contribution in [2.75, 3.05) is 38.1 Å². The SMILES string of the molecule is CCNC(C)c1cnc(N2CCC3C(CCCN3C)C2)s1. The maximum absolute atomic E-state index is 4.69. The van der Waals surface area contributed by atoms with Gasteiger partial charge in [0.25, 0.3) is 0 Å². The van der Waals surface area contributed by atoms with Gasteiger partial charge in [0.05, 0.1) is 0 Å². The molecule has 118 valence electrons. The van der Waals surface area contributed by atoms with E-state index in [1.807, 2.05) is 11.3 Å². The lowest BCUT2D eigenvalue weighted by molar-refractivity contribution is 0.102. The zero-order valence-electron chi connectivity index (χ0n) is 13.5. The van der Waals surface area contributed by atoms with Crippen LogP contribution in [0.25, 0.3) is 0 Å². The molecule has 2 fully saturated rings. The van der Waals surface area contributed by atoms with Gasteiger partial charge in [-0.15, -0.1) is 11.3 Å². The van der Waals surface area contributed by atoms with Crippen LogP contribution in [0.2, 0.25) is 0 Å². The summed E-state index contributed by atoms with van der Waals surface area (Å²) in [6.07, 6.45) is 6.09. The lowest BCUT2D eigenvalue weighted by Gasteiger charge is -2.45. The van der Waals surface area contributed by atoms with Crippen LogP contribution in [0, 0.1) is 5.92 Å². The summed E-state index contributed by atoms with van der Waals surface area (Å²) in [4.78, 5) is 11.1. The Morgan fingerprint density at radius 1 is 1.43 bits per heavy atom. The van der Waals surface area contributed by atoms with E-state index < -0.39 is 0 Å². The van der Waals surface area contributed by atoms with Crippen molar-refractivity contribution in [3.05, 3.63) is 11.1 Å². The van der Waals surface area contributed by atoms with Crippen LogP contribution in [0.5, 0.6) is 0 Å². The second kappa shape index (κ2) is 6.63. The van der Waals surface area contributed by atoms with Crippen molar-refractivity contribution in [3.8, 4) is 0 Å². The third-order valence-corrected chi connectivity index (χ3v) is 6.31. The summed E-state index contributed by atoms with van der Waals surface area (Å²) < 4.78 is 0. The first-order chi connectivity index (χ1) is 10.2. The van der Waals surface area contributed by atoms with E-state index in [9.17, 15) is 0 Å². The zero-order chi connectivity index (χ0) is 14.8. The van der Waals surface area contributed by atoms with E-state index in [0.717, 1.165) is 25.0 Å². The minimum Gasteiger partial charge on any atom is -0.348 e. The molecule has 1 aromatic heterocycles. The molecule has 4 nitrogen and oxygen atoms in total. The summed E-state index contributed by atoms with van der Waals surface area (Å²) in [7, 11) is 2.30. The second-order valence-corrected chi connectivity index (χ2v) is 7.55. The smallest absolute Gasteiger partial charge is 0.185 e. The predicted octanol–water partition coefficient (Wildman–Crippen LogP) is 2.73. The van der Waals surface area contributed by atoms with Crippen LogP contribution in [0.15, 0.2) is 6.20 Å². The number of fused-ring (bicyclic) bond motifs is 1. The maximum Gasteiger partial charge on any atom is 0.185 e. The molecule has 2 aliphatic heterocycles. The van der Waals surface area contributed by atoms with E-state index in [2.05, 4.69) is 42.2 Å². The molecule has 2 saturated heterocycles. The molecule has 3 heterocycles. The van der Waals surface area contributed by atoms with Gasteiger partial charge in [0.1, 0.15) is 0 Å². The van der Waals surface area contributed by atoms with Gasteiger partial charge in [-0.25, -0.2) is 4.98 Å². The van der Waals surface area contributed by atoms with Crippen LogP contribution in [0.1, 0.15) is 44.0 Å². The molecular weight excluding hydrogens is 280 g/mol. The molecule has 0 radical (unpaired) electrons. The summed E-state index contributed by atoms with van der Waals surface area (Å²) in [5, 5.41) is 4.70. The highest BCUT2D eigenvalue weighted by Crippen LogP contribution is 2.34. The first-order valence-corrected chi connectivity index (χ1v) is 9.15. The molecule has 3 rings (SSSR count). The molecule has 3 unspecified atom stereocenters. The highest BCUT2D eigenvalue weighted by Gasteiger charge is 2.35. The number of hydrogen-bond acceptors (Lipinski definition) is 5. The minimum atomic E-state index is 0.416. The normalized spacial score (nSPS) is 28.4. The highest BCUT2D eigenvalue weighted by atomic mass is 32.1. The Bertz CT molecular complexity index is 461. The average Bonchev–Trinajstić information content (AvgIpc) is 2.97. The first kappa shape index (κ1) is 15.3. The lowest BCUT2D eigenvalue weighted by Crippen LogP contribution is -2.52. The van der Waals surface area contributed by atoms with E-state index in [1.165, 1.54) is 42.4 Å². The monoisotopic (exact) mass is 308 g/mol. The maximum atomic E-state index is 4.69. The molecule has 0 bridgehead atoms. The van der Waals surface area contributed by atoms with Gasteiger partial charge in [-0.3, -0.25) is 0 Å². The Morgan fingerprint density at radius 2 is 2.29 bits per heavy atom. The molecule has 5 heteroatoms.